The van der Waals surface area contributed by atoms with Crippen LogP contribution in [0.2, 0.25) is 5.02 Å². The molecule has 0 aliphatic rings. The van der Waals surface area contributed by atoms with Crippen molar-refractivity contribution in [3.8, 4) is 0 Å². The maximum absolute atomic E-state index is 12.4. The summed E-state index contributed by atoms with van der Waals surface area (Å²) in [5.74, 6) is -0.355. The Bertz CT molecular complexity index is 513. The maximum Gasteiger partial charge on any atom is 0.251 e. The molecule has 0 saturated heterocycles. The van der Waals surface area contributed by atoms with Crippen molar-refractivity contribution in [2.75, 3.05) is 6.61 Å². The number of hydrogen-bond acceptors (Lipinski definition) is 3. The fraction of sp³-hybridized carbons (Fsp3) is 0.529. The van der Waals surface area contributed by atoms with Crippen LogP contribution in [-0.4, -0.2) is 35.6 Å². The second-order valence-electron chi connectivity index (χ2n) is 5.96. The third kappa shape index (κ3) is 6.59. The first kappa shape index (κ1) is 19.5. The average Bonchev–Trinajstić information content (AvgIpc) is 2.51. The van der Waals surface area contributed by atoms with E-state index >= 15 is 0 Å². The molecule has 5 nitrogen and oxygen atoms in total. The van der Waals surface area contributed by atoms with Gasteiger partial charge in [0.05, 0.1) is 12.6 Å². The first-order valence-electron chi connectivity index (χ1n) is 7.85. The Morgan fingerprint density at radius 2 is 1.78 bits per heavy atom. The van der Waals surface area contributed by atoms with E-state index in [-0.39, 0.29) is 30.4 Å². The molecule has 0 heterocycles. The van der Waals surface area contributed by atoms with E-state index in [0.717, 1.165) is 0 Å². The first-order valence-corrected chi connectivity index (χ1v) is 8.22. The molecule has 0 aromatic heterocycles. The molecule has 0 bridgehead atoms. The van der Waals surface area contributed by atoms with Crippen LogP contribution in [0.4, 0.5) is 0 Å². The van der Waals surface area contributed by atoms with Gasteiger partial charge in [0.1, 0.15) is 6.04 Å². The number of rotatable bonds is 8. The Morgan fingerprint density at radius 3 is 2.26 bits per heavy atom. The highest BCUT2D eigenvalue weighted by Gasteiger charge is 2.24. The lowest BCUT2D eigenvalue weighted by Gasteiger charge is -2.23. The standard InChI is InChI=1S/C17H25ClN2O3/c1-4-14(10-21)19-17(23)15(9-11(2)3)20-16(22)12-5-7-13(18)8-6-12/h5-8,11,14-15,21H,4,9-10H2,1-3H3,(H,19,23)(H,20,22). The number of halogens is 1. The van der Waals surface area contributed by atoms with Gasteiger partial charge in [0.25, 0.3) is 5.91 Å². The van der Waals surface area contributed by atoms with Gasteiger partial charge in [-0.2, -0.15) is 0 Å². The summed E-state index contributed by atoms with van der Waals surface area (Å²) >= 11 is 5.81. The monoisotopic (exact) mass is 340 g/mol. The number of nitrogens with one attached hydrogen (secondary N) is 2. The number of aliphatic hydroxyl groups excluding tert-OH is 1. The Labute approximate surface area is 142 Å². The normalized spacial score (nSPS) is 13.5. The Kier molecular flexibility index (Phi) is 8.06. The summed E-state index contributed by atoms with van der Waals surface area (Å²) in [5, 5.41) is 15.3. The number of amides is 2. The van der Waals surface area contributed by atoms with Crippen molar-refractivity contribution in [2.24, 2.45) is 5.92 Å². The van der Waals surface area contributed by atoms with E-state index in [2.05, 4.69) is 10.6 Å². The molecule has 0 aliphatic heterocycles. The van der Waals surface area contributed by atoms with Crippen LogP contribution < -0.4 is 10.6 Å². The van der Waals surface area contributed by atoms with Crippen LogP contribution in [0.3, 0.4) is 0 Å². The highest BCUT2D eigenvalue weighted by molar-refractivity contribution is 6.30. The SMILES string of the molecule is CCC(CO)NC(=O)C(CC(C)C)NC(=O)c1ccc(Cl)cc1. The molecule has 0 radical (unpaired) electrons. The number of carbonyl (C=O) groups is 2. The molecule has 1 aromatic carbocycles. The molecule has 0 fully saturated rings. The molecule has 1 aromatic rings. The zero-order valence-electron chi connectivity index (χ0n) is 13.8. The molecule has 1 rings (SSSR count). The van der Waals surface area contributed by atoms with Gasteiger partial charge in [0, 0.05) is 10.6 Å². The van der Waals surface area contributed by atoms with Crippen molar-refractivity contribution in [3.05, 3.63) is 34.9 Å². The molecule has 2 amide bonds. The van der Waals surface area contributed by atoms with Gasteiger partial charge in [-0.15, -0.1) is 0 Å². The maximum atomic E-state index is 12.4. The van der Waals surface area contributed by atoms with Crippen LogP contribution in [0.1, 0.15) is 44.0 Å². The van der Waals surface area contributed by atoms with Gasteiger partial charge in [0.2, 0.25) is 5.91 Å². The van der Waals surface area contributed by atoms with E-state index in [1.54, 1.807) is 24.3 Å². The van der Waals surface area contributed by atoms with Crippen molar-refractivity contribution in [1.82, 2.24) is 10.6 Å². The number of hydrogen-bond donors (Lipinski definition) is 3. The lowest BCUT2D eigenvalue weighted by Crippen LogP contribution is -2.50. The predicted molar refractivity (Wildman–Crippen MR) is 91.5 cm³/mol. The highest BCUT2D eigenvalue weighted by Crippen LogP contribution is 2.11. The van der Waals surface area contributed by atoms with Crippen LogP contribution in [0, 0.1) is 5.92 Å². The fourth-order valence-corrected chi connectivity index (χ4v) is 2.25. The van der Waals surface area contributed by atoms with Gasteiger partial charge in [-0.1, -0.05) is 32.4 Å². The third-order valence-electron chi connectivity index (χ3n) is 3.49. The second-order valence-corrected chi connectivity index (χ2v) is 6.40. The molecular weight excluding hydrogens is 316 g/mol. The van der Waals surface area contributed by atoms with E-state index < -0.39 is 6.04 Å². The molecule has 2 unspecified atom stereocenters. The average molecular weight is 341 g/mol. The van der Waals surface area contributed by atoms with E-state index in [9.17, 15) is 14.7 Å². The molecule has 3 N–H and O–H groups in total. The summed E-state index contributed by atoms with van der Waals surface area (Å²) < 4.78 is 0. The Balaban J connectivity index is 2.79. The summed E-state index contributed by atoms with van der Waals surface area (Å²) in [5.41, 5.74) is 0.449. The lowest BCUT2D eigenvalue weighted by molar-refractivity contribution is -0.124. The van der Waals surface area contributed by atoms with E-state index in [1.807, 2.05) is 20.8 Å². The molecule has 128 valence electrons. The predicted octanol–water partition coefficient (Wildman–Crippen LogP) is 2.37. The van der Waals surface area contributed by atoms with E-state index in [4.69, 9.17) is 11.6 Å². The summed E-state index contributed by atoms with van der Waals surface area (Å²) in [6.07, 6.45) is 1.15. The van der Waals surface area contributed by atoms with Gasteiger partial charge in [-0.25, -0.2) is 0 Å². The number of carbonyl (C=O) groups excluding carboxylic acids is 2. The van der Waals surface area contributed by atoms with Gasteiger partial charge in [-0.05, 0) is 43.0 Å². The Hall–Kier alpha value is -1.59. The van der Waals surface area contributed by atoms with Crippen molar-refractivity contribution >= 4 is 23.4 Å². The minimum absolute atomic E-state index is 0.123. The van der Waals surface area contributed by atoms with Gasteiger partial charge < -0.3 is 15.7 Å². The van der Waals surface area contributed by atoms with E-state index in [1.165, 1.54) is 0 Å². The third-order valence-corrected chi connectivity index (χ3v) is 3.75. The van der Waals surface area contributed by atoms with Crippen molar-refractivity contribution in [1.29, 1.82) is 0 Å². The van der Waals surface area contributed by atoms with Crippen LogP contribution in [-0.2, 0) is 4.79 Å². The molecule has 23 heavy (non-hydrogen) atoms. The van der Waals surface area contributed by atoms with Crippen LogP contribution in [0.15, 0.2) is 24.3 Å². The number of aliphatic hydroxyl groups is 1. The lowest BCUT2D eigenvalue weighted by atomic mass is 10.0. The summed E-state index contributed by atoms with van der Waals surface area (Å²) in [6, 6.07) is 5.55. The highest BCUT2D eigenvalue weighted by atomic mass is 35.5. The van der Waals surface area contributed by atoms with Crippen molar-refractivity contribution in [2.45, 2.75) is 45.7 Å². The summed E-state index contributed by atoms with van der Waals surface area (Å²) in [7, 11) is 0. The molecule has 0 spiro atoms. The second kappa shape index (κ2) is 9.53. The molecule has 2 atom stereocenters. The van der Waals surface area contributed by atoms with Gasteiger partial charge >= 0.3 is 0 Å². The minimum atomic E-state index is -0.640. The van der Waals surface area contributed by atoms with E-state index in [0.29, 0.717) is 23.4 Å². The minimum Gasteiger partial charge on any atom is -0.394 e. The largest absolute Gasteiger partial charge is 0.394 e. The van der Waals surface area contributed by atoms with Crippen molar-refractivity contribution in [3.63, 3.8) is 0 Å². The summed E-state index contributed by atoms with van der Waals surface area (Å²) in [4.78, 5) is 24.7. The first-order chi connectivity index (χ1) is 10.9. The molecule has 0 saturated carbocycles. The topological polar surface area (TPSA) is 78.4 Å². The smallest absolute Gasteiger partial charge is 0.251 e. The van der Waals surface area contributed by atoms with Crippen LogP contribution in [0.5, 0.6) is 0 Å². The quantitative estimate of drug-likeness (QED) is 0.679. The zero-order valence-corrected chi connectivity index (χ0v) is 14.6. The van der Waals surface area contributed by atoms with Gasteiger partial charge in [0.15, 0.2) is 0 Å². The molecule has 6 heteroatoms. The van der Waals surface area contributed by atoms with Crippen molar-refractivity contribution < 1.29 is 14.7 Å². The van der Waals surface area contributed by atoms with Crippen LogP contribution >= 0.6 is 11.6 Å². The zero-order chi connectivity index (χ0) is 17.4. The Morgan fingerprint density at radius 1 is 1.17 bits per heavy atom. The molecular formula is C17H25ClN2O3. The molecule has 0 aliphatic carbocycles. The van der Waals surface area contributed by atoms with Gasteiger partial charge in [-0.3, -0.25) is 9.59 Å². The number of benzene rings is 1. The summed E-state index contributed by atoms with van der Waals surface area (Å²) in [6.45, 7) is 5.73. The fourth-order valence-electron chi connectivity index (χ4n) is 2.12. The van der Waals surface area contributed by atoms with Crippen LogP contribution in [0.25, 0.3) is 0 Å².